The zero-order valence-corrected chi connectivity index (χ0v) is 12.2. The molecule has 2 rings (SSSR count). The van der Waals surface area contributed by atoms with Gasteiger partial charge in [0.25, 0.3) is 0 Å². The summed E-state index contributed by atoms with van der Waals surface area (Å²) in [5.74, 6) is -0.230. The van der Waals surface area contributed by atoms with Crippen LogP contribution in [-0.2, 0) is 28.9 Å². The van der Waals surface area contributed by atoms with Crippen molar-refractivity contribution in [3.8, 4) is 0 Å². The van der Waals surface area contributed by atoms with E-state index in [1.807, 2.05) is 11.3 Å². The van der Waals surface area contributed by atoms with E-state index < -0.39 is 0 Å². The molecule has 0 aliphatic heterocycles. The summed E-state index contributed by atoms with van der Waals surface area (Å²) < 4.78 is 4.64. The third-order valence-corrected chi connectivity index (χ3v) is 4.81. The van der Waals surface area contributed by atoms with Crippen LogP contribution in [0.1, 0.15) is 21.7 Å². The Labute approximate surface area is 114 Å². The summed E-state index contributed by atoms with van der Waals surface area (Å²) in [6.45, 7) is 1.42. The zero-order chi connectivity index (χ0) is 12.3. The predicted molar refractivity (Wildman–Crippen MR) is 72.8 cm³/mol. The summed E-state index contributed by atoms with van der Waals surface area (Å²) >= 11 is 5.18. The molecule has 1 aliphatic rings. The Morgan fingerprint density at radius 1 is 1.65 bits per heavy atom. The average molecular weight is 318 g/mol. The molecule has 1 aromatic heterocycles. The van der Waals surface area contributed by atoms with E-state index in [-0.39, 0.29) is 10.8 Å². The van der Waals surface area contributed by atoms with Gasteiger partial charge in [0.05, 0.1) is 7.11 Å². The topological polar surface area (TPSA) is 38.3 Å². The van der Waals surface area contributed by atoms with Gasteiger partial charge in [-0.15, -0.1) is 11.3 Å². The number of esters is 1. The molecule has 0 radical (unpaired) electrons. The Hall–Kier alpha value is -0.390. The number of methoxy groups -OCH3 is 1. The highest BCUT2D eigenvalue weighted by molar-refractivity contribution is 9.10. The Bertz CT molecular complexity index is 384. The van der Waals surface area contributed by atoms with Crippen LogP contribution in [0.15, 0.2) is 6.07 Å². The van der Waals surface area contributed by atoms with Crippen LogP contribution in [0.4, 0.5) is 0 Å². The fourth-order valence-corrected chi connectivity index (χ4v) is 3.66. The van der Waals surface area contributed by atoms with Gasteiger partial charge >= 0.3 is 5.97 Å². The molecule has 0 spiro atoms. The van der Waals surface area contributed by atoms with Gasteiger partial charge in [-0.2, -0.15) is 0 Å². The minimum Gasteiger partial charge on any atom is -0.468 e. The number of thiophene rings is 1. The Morgan fingerprint density at radius 2 is 2.47 bits per heavy atom. The number of carbonyl (C=O) groups is 1. The van der Waals surface area contributed by atoms with E-state index in [0.717, 1.165) is 6.54 Å². The normalized spacial score (nSPS) is 15.6. The number of rotatable bonds is 5. The molecular formula is C12H16BrNO2S. The smallest absolute Gasteiger partial charge is 0.320 e. The maximum Gasteiger partial charge on any atom is 0.320 e. The van der Waals surface area contributed by atoms with Gasteiger partial charge in [-0.3, -0.25) is 4.79 Å². The standard InChI is InChI=1S/C12H16BrNO2S/c1-16-12(15)10(13)7-14-6-9-5-8-3-2-4-11(8)17-9/h5,10,14H,2-4,6-7H2,1H3. The lowest BCUT2D eigenvalue weighted by atomic mass is 10.2. The maximum absolute atomic E-state index is 11.2. The van der Waals surface area contributed by atoms with Crippen LogP contribution in [0.25, 0.3) is 0 Å². The van der Waals surface area contributed by atoms with Crippen molar-refractivity contribution < 1.29 is 9.53 Å². The molecule has 1 heterocycles. The lowest BCUT2D eigenvalue weighted by Gasteiger charge is -2.08. The molecule has 17 heavy (non-hydrogen) atoms. The lowest BCUT2D eigenvalue weighted by Crippen LogP contribution is -2.29. The summed E-state index contributed by atoms with van der Waals surface area (Å²) in [6, 6.07) is 2.29. The van der Waals surface area contributed by atoms with Gasteiger partial charge in [0, 0.05) is 22.8 Å². The summed E-state index contributed by atoms with van der Waals surface area (Å²) in [7, 11) is 1.40. The van der Waals surface area contributed by atoms with E-state index in [1.165, 1.54) is 36.8 Å². The number of carbonyl (C=O) groups excluding carboxylic acids is 1. The molecule has 0 saturated carbocycles. The largest absolute Gasteiger partial charge is 0.468 e. The SMILES string of the molecule is COC(=O)C(Br)CNCc1cc2c(s1)CCC2. The summed E-state index contributed by atoms with van der Waals surface area (Å²) in [4.78, 5) is 13.8. The molecular weight excluding hydrogens is 302 g/mol. The van der Waals surface area contributed by atoms with Crippen molar-refractivity contribution in [2.24, 2.45) is 0 Å². The van der Waals surface area contributed by atoms with Gasteiger partial charge in [0.2, 0.25) is 0 Å². The molecule has 1 unspecified atom stereocenters. The summed E-state index contributed by atoms with van der Waals surface area (Å²) in [6.07, 6.45) is 3.78. The van der Waals surface area contributed by atoms with E-state index >= 15 is 0 Å². The van der Waals surface area contributed by atoms with Gasteiger partial charge in [0.1, 0.15) is 4.83 Å². The van der Waals surface area contributed by atoms with Crippen molar-refractivity contribution in [3.05, 3.63) is 21.4 Å². The number of alkyl halides is 1. The minimum atomic E-state index is -0.265. The van der Waals surface area contributed by atoms with Crippen molar-refractivity contribution >= 4 is 33.2 Å². The summed E-state index contributed by atoms with van der Waals surface area (Å²) in [5, 5.41) is 3.27. The number of fused-ring (bicyclic) bond motifs is 1. The molecule has 1 aromatic rings. The van der Waals surface area contributed by atoms with E-state index in [1.54, 1.807) is 4.88 Å². The van der Waals surface area contributed by atoms with Crippen molar-refractivity contribution in [3.63, 3.8) is 0 Å². The van der Waals surface area contributed by atoms with Gasteiger partial charge in [-0.05, 0) is 30.9 Å². The number of ether oxygens (including phenoxy) is 1. The van der Waals surface area contributed by atoms with E-state index in [9.17, 15) is 4.79 Å². The van der Waals surface area contributed by atoms with Crippen LogP contribution in [0.3, 0.4) is 0 Å². The molecule has 1 aliphatic carbocycles. The van der Waals surface area contributed by atoms with E-state index in [0.29, 0.717) is 6.54 Å². The monoisotopic (exact) mass is 317 g/mol. The molecule has 0 bridgehead atoms. The molecule has 1 N–H and O–H groups in total. The number of hydrogen-bond acceptors (Lipinski definition) is 4. The van der Waals surface area contributed by atoms with Crippen LogP contribution in [0.5, 0.6) is 0 Å². The van der Waals surface area contributed by atoms with Gasteiger partial charge in [-0.1, -0.05) is 15.9 Å². The fourth-order valence-electron chi connectivity index (χ4n) is 2.01. The molecule has 3 nitrogen and oxygen atoms in total. The lowest BCUT2D eigenvalue weighted by molar-refractivity contribution is -0.139. The number of halogens is 1. The van der Waals surface area contributed by atoms with Gasteiger partial charge in [-0.25, -0.2) is 0 Å². The molecule has 0 saturated heterocycles. The van der Waals surface area contributed by atoms with Gasteiger partial charge < -0.3 is 10.1 Å². The first-order chi connectivity index (χ1) is 8.20. The zero-order valence-electron chi connectivity index (χ0n) is 9.79. The summed E-state index contributed by atoms with van der Waals surface area (Å²) in [5.41, 5.74) is 1.52. The highest BCUT2D eigenvalue weighted by Crippen LogP contribution is 2.30. The molecule has 94 valence electrons. The van der Waals surface area contributed by atoms with Crippen LogP contribution in [0, 0.1) is 0 Å². The second-order valence-corrected chi connectivity index (χ2v) is 6.46. The van der Waals surface area contributed by atoms with Crippen LogP contribution < -0.4 is 5.32 Å². The molecule has 5 heteroatoms. The second kappa shape index (κ2) is 5.98. The van der Waals surface area contributed by atoms with Crippen molar-refractivity contribution in [2.75, 3.05) is 13.7 Å². The highest BCUT2D eigenvalue weighted by Gasteiger charge is 2.16. The number of nitrogens with one attached hydrogen (secondary N) is 1. The first kappa shape index (κ1) is 13.1. The van der Waals surface area contributed by atoms with Crippen molar-refractivity contribution in [2.45, 2.75) is 30.6 Å². The van der Waals surface area contributed by atoms with Crippen molar-refractivity contribution in [1.82, 2.24) is 5.32 Å². The fraction of sp³-hybridized carbons (Fsp3) is 0.583. The average Bonchev–Trinajstić information content (AvgIpc) is 2.88. The second-order valence-electron chi connectivity index (χ2n) is 4.14. The molecule has 1 atom stereocenters. The quantitative estimate of drug-likeness (QED) is 0.668. The first-order valence-corrected chi connectivity index (χ1v) is 7.47. The first-order valence-electron chi connectivity index (χ1n) is 5.74. The Balaban J connectivity index is 1.76. The molecule has 0 amide bonds. The Morgan fingerprint density at radius 3 is 3.18 bits per heavy atom. The van der Waals surface area contributed by atoms with Crippen LogP contribution in [-0.4, -0.2) is 24.5 Å². The third kappa shape index (κ3) is 3.30. The van der Waals surface area contributed by atoms with Gasteiger partial charge in [0.15, 0.2) is 0 Å². The number of hydrogen-bond donors (Lipinski definition) is 1. The van der Waals surface area contributed by atoms with Crippen LogP contribution in [0.2, 0.25) is 0 Å². The van der Waals surface area contributed by atoms with E-state index in [4.69, 9.17) is 0 Å². The molecule has 0 fully saturated rings. The predicted octanol–water partition coefficient (Wildman–Crippen LogP) is 2.26. The molecule has 0 aromatic carbocycles. The maximum atomic E-state index is 11.2. The minimum absolute atomic E-state index is 0.230. The van der Waals surface area contributed by atoms with Crippen LogP contribution >= 0.6 is 27.3 Å². The Kier molecular flexibility index (Phi) is 4.59. The number of aryl methyl sites for hydroxylation is 2. The van der Waals surface area contributed by atoms with Crippen molar-refractivity contribution in [1.29, 1.82) is 0 Å². The third-order valence-electron chi connectivity index (χ3n) is 2.88. The highest BCUT2D eigenvalue weighted by atomic mass is 79.9. The van der Waals surface area contributed by atoms with E-state index in [2.05, 4.69) is 32.0 Å².